The first-order valence-electron chi connectivity index (χ1n) is 4.53. The summed E-state index contributed by atoms with van der Waals surface area (Å²) in [5, 5.41) is 7.75. The molecule has 1 rings (SSSR count). The smallest absolute Gasteiger partial charge is 0.322 e. The fraction of sp³-hybridized carbons (Fsp3) is 0.857. The number of sulfone groups is 1. The van der Waals surface area contributed by atoms with Gasteiger partial charge in [-0.2, -0.15) is 4.31 Å². The quantitative estimate of drug-likeness (QED) is 0.692. The van der Waals surface area contributed by atoms with E-state index < -0.39 is 37.0 Å². The number of rotatable bonds is 4. The number of aliphatic carboxylic acids is 1. The van der Waals surface area contributed by atoms with Gasteiger partial charge in [-0.15, -0.1) is 0 Å². The second-order valence-electron chi connectivity index (χ2n) is 3.76. The Kier molecular flexibility index (Phi) is 3.60. The topological polar surface area (TPSA) is 109 Å². The Morgan fingerprint density at radius 3 is 2.38 bits per heavy atom. The maximum absolute atomic E-state index is 11.6. The van der Waals surface area contributed by atoms with Crippen molar-refractivity contribution in [3.63, 3.8) is 0 Å². The third kappa shape index (κ3) is 3.16. The lowest BCUT2D eigenvalue weighted by Crippen LogP contribution is -2.42. The van der Waals surface area contributed by atoms with Crippen LogP contribution in [0.2, 0.25) is 0 Å². The zero-order valence-electron chi connectivity index (χ0n) is 8.66. The molecule has 1 aliphatic rings. The van der Waals surface area contributed by atoms with Crippen LogP contribution in [-0.2, 0) is 24.7 Å². The van der Waals surface area contributed by atoms with Gasteiger partial charge in [0, 0.05) is 12.8 Å². The van der Waals surface area contributed by atoms with Crippen molar-refractivity contribution in [1.29, 1.82) is 0 Å². The molecule has 1 aliphatic heterocycles. The molecular weight excluding hydrogens is 258 g/mol. The van der Waals surface area contributed by atoms with Gasteiger partial charge in [0.05, 0.1) is 0 Å². The van der Waals surface area contributed by atoms with Gasteiger partial charge in [0.1, 0.15) is 6.04 Å². The van der Waals surface area contributed by atoms with Crippen LogP contribution >= 0.6 is 0 Å². The SMILES string of the molecule is CS(=O)(=O)CS(=O)(=O)N1CCCC1C(=O)O. The highest BCUT2D eigenvalue weighted by Crippen LogP contribution is 2.22. The lowest BCUT2D eigenvalue weighted by atomic mass is 10.2. The van der Waals surface area contributed by atoms with E-state index in [4.69, 9.17) is 5.11 Å². The lowest BCUT2D eigenvalue weighted by Gasteiger charge is -2.20. The van der Waals surface area contributed by atoms with Gasteiger partial charge in [0.15, 0.2) is 14.9 Å². The third-order valence-corrected chi connectivity index (χ3v) is 6.26. The summed E-state index contributed by atoms with van der Waals surface area (Å²) in [4.78, 5) is 10.8. The molecule has 0 spiro atoms. The number of nitrogens with zero attached hydrogens (tertiary/aromatic N) is 1. The molecule has 9 heteroatoms. The van der Waals surface area contributed by atoms with Crippen molar-refractivity contribution in [3.05, 3.63) is 0 Å². The molecule has 0 bridgehead atoms. The Hall–Kier alpha value is -0.670. The van der Waals surface area contributed by atoms with Crippen LogP contribution in [0.15, 0.2) is 0 Å². The summed E-state index contributed by atoms with van der Waals surface area (Å²) in [5.74, 6) is -1.24. The van der Waals surface area contributed by atoms with Crippen LogP contribution in [0.4, 0.5) is 0 Å². The summed E-state index contributed by atoms with van der Waals surface area (Å²) in [6, 6.07) is -1.13. The number of sulfonamides is 1. The second kappa shape index (κ2) is 4.30. The molecule has 1 unspecified atom stereocenters. The van der Waals surface area contributed by atoms with Gasteiger partial charge < -0.3 is 5.11 Å². The lowest BCUT2D eigenvalue weighted by molar-refractivity contribution is -0.140. The number of carboxylic acid groups (broad SMARTS) is 1. The first-order valence-corrected chi connectivity index (χ1v) is 8.20. The van der Waals surface area contributed by atoms with Crippen molar-refractivity contribution < 1.29 is 26.7 Å². The van der Waals surface area contributed by atoms with Gasteiger partial charge >= 0.3 is 5.97 Å². The maximum atomic E-state index is 11.6. The van der Waals surface area contributed by atoms with Crippen molar-refractivity contribution in [2.45, 2.75) is 18.9 Å². The molecule has 0 aromatic carbocycles. The molecule has 0 aromatic rings. The second-order valence-corrected chi connectivity index (χ2v) is 8.19. The van der Waals surface area contributed by atoms with Gasteiger partial charge in [-0.3, -0.25) is 4.79 Å². The third-order valence-electron chi connectivity index (χ3n) is 2.21. The monoisotopic (exact) mass is 271 g/mol. The molecule has 0 aromatic heterocycles. The van der Waals surface area contributed by atoms with Gasteiger partial charge in [-0.1, -0.05) is 0 Å². The fourth-order valence-electron chi connectivity index (χ4n) is 1.66. The molecule has 1 heterocycles. The van der Waals surface area contributed by atoms with E-state index in [9.17, 15) is 21.6 Å². The van der Waals surface area contributed by atoms with Crippen LogP contribution in [0.3, 0.4) is 0 Å². The molecule has 1 fully saturated rings. The van der Waals surface area contributed by atoms with E-state index in [-0.39, 0.29) is 13.0 Å². The summed E-state index contributed by atoms with van der Waals surface area (Å²) < 4.78 is 45.9. The molecule has 1 saturated heterocycles. The molecule has 94 valence electrons. The van der Waals surface area contributed by atoms with Crippen LogP contribution in [-0.4, -0.2) is 56.1 Å². The highest BCUT2D eigenvalue weighted by molar-refractivity contribution is 8.06. The van der Waals surface area contributed by atoms with E-state index >= 15 is 0 Å². The van der Waals surface area contributed by atoms with Gasteiger partial charge in [-0.05, 0) is 12.8 Å². The minimum Gasteiger partial charge on any atom is -0.480 e. The normalized spacial score (nSPS) is 23.4. The minimum atomic E-state index is -4.05. The van der Waals surface area contributed by atoms with Crippen molar-refractivity contribution in [2.24, 2.45) is 0 Å². The maximum Gasteiger partial charge on any atom is 0.322 e. The average molecular weight is 271 g/mol. The van der Waals surface area contributed by atoms with E-state index in [1.807, 2.05) is 0 Å². The predicted octanol–water partition coefficient (Wildman–Crippen LogP) is -1.13. The first-order chi connectivity index (χ1) is 7.13. The molecule has 1 N–H and O–H groups in total. The highest BCUT2D eigenvalue weighted by Gasteiger charge is 2.39. The van der Waals surface area contributed by atoms with Gasteiger partial charge in [0.2, 0.25) is 10.0 Å². The minimum absolute atomic E-state index is 0.0643. The fourth-order valence-corrected chi connectivity index (χ4v) is 5.35. The Morgan fingerprint density at radius 2 is 1.94 bits per heavy atom. The molecule has 0 aliphatic carbocycles. The van der Waals surface area contributed by atoms with Crippen molar-refractivity contribution in [1.82, 2.24) is 4.31 Å². The van der Waals surface area contributed by atoms with Gasteiger partial charge in [0.25, 0.3) is 0 Å². The van der Waals surface area contributed by atoms with Crippen LogP contribution in [0, 0.1) is 0 Å². The highest BCUT2D eigenvalue weighted by atomic mass is 32.3. The summed E-state index contributed by atoms with van der Waals surface area (Å²) in [6.45, 7) is 0.0643. The predicted molar refractivity (Wildman–Crippen MR) is 56.0 cm³/mol. The largest absolute Gasteiger partial charge is 0.480 e. The summed E-state index contributed by atoms with van der Waals surface area (Å²) >= 11 is 0. The van der Waals surface area contributed by atoms with Crippen LogP contribution in [0.5, 0.6) is 0 Å². The number of carbonyl (C=O) groups is 1. The average Bonchev–Trinajstić information content (AvgIpc) is 2.45. The summed E-state index contributed by atoms with van der Waals surface area (Å²) in [6.07, 6.45) is 1.45. The Balaban J connectivity index is 2.96. The van der Waals surface area contributed by atoms with Crippen LogP contribution in [0.1, 0.15) is 12.8 Å². The van der Waals surface area contributed by atoms with Crippen LogP contribution in [0.25, 0.3) is 0 Å². The zero-order chi connectivity index (χ0) is 12.6. The molecule has 16 heavy (non-hydrogen) atoms. The number of hydrogen-bond donors (Lipinski definition) is 1. The number of carboxylic acids is 1. The molecule has 7 nitrogen and oxygen atoms in total. The van der Waals surface area contributed by atoms with E-state index in [0.717, 1.165) is 10.6 Å². The number of hydrogen-bond acceptors (Lipinski definition) is 5. The van der Waals surface area contributed by atoms with Gasteiger partial charge in [-0.25, -0.2) is 16.8 Å². The molecule has 0 amide bonds. The molecule has 0 saturated carbocycles. The summed E-state index contributed by atoms with van der Waals surface area (Å²) in [5.41, 5.74) is 0. The molecule has 1 atom stereocenters. The Bertz CT molecular complexity index is 479. The van der Waals surface area contributed by atoms with E-state index in [2.05, 4.69) is 0 Å². The molecular formula is C7H13NO6S2. The van der Waals surface area contributed by atoms with Crippen molar-refractivity contribution in [3.8, 4) is 0 Å². The Labute approximate surface area is 94.0 Å². The summed E-state index contributed by atoms with van der Waals surface area (Å²) in [7, 11) is -7.74. The molecule has 0 radical (unpaired) electrons. The van der Waals surface area contributed by atoms with Crippen molar-refractivity contribution >= 4 is 25.8 Å². The van der Waals surface area contributed by atoms with E-state index in [1.165, 1.54) is 0 Å². The van der Waals surface area contributed by atoms with Crippen LogP contribution < -0.4 is 0 Å². The van der Waals surface area contributed by atoms with E-state index in [0.29, 0.717) is 6.42 Å². The zero-order valence-corrected chi connectivity index (χ0v) is 10.3. The van der Waals surface area contributed by atoms with Crippen molar-refractivity contribution in [2.75, 3.05) is 17.9 Å². The standard InChI is InChI=1S/C7H13NO6S2/c1-15(11,12)5-16(13,14)8-4-2-3-6(8)7(9)10/h6H,2-5H2,1H3,(H,9,10). The van der Waals surface area contributed by atoms with E-state index in [1.54, 1.807) is 0 Å². The first kappa shape index (κ1) is 13.4. The Morgan fingerprint density at radius 1 is 1.38 bits per heavy atom.